The van der Waals surface area contributed by atoms with Gasteiger partial charge in [0, 0.05) is 22.8 Å². The van der Waals surface area contributed by atoms with E-state index in [1.54, 1.807) is 24.3 Å². The quantitative estimate of drug-likeness (QED) is 0.494. The summed E-state index contributed by atoms with van der Waals surface area (Å²) in [5.74, 6) is 2.07. The van der Waals surface area contributed by atoms with Crippen molar-refractivity contribution in [2.45, 2.75) is 55.5 Å². The molecule has 32 heavy (non-hydrogen) atoms. The first kappa shape index (κ1) is 22.1. The van der Waals surface area contributed by atoms with Gasteiger partial charge in [0.05, 0.1) is 4.90 Å². The Labute approximate surface area is 200 Å². The Morgan fingerprint density at radius 1 is 0.938 bits per heavy atom. The SMILES string of the molecule is O=S(=O)(NC12CC3CC(CC(C3)C1)C2)c1ccc(NC(=S)NCc2ccc(Cl)cc2)cc1. The standard InChI is InChI=1S/C24H28ClN3O2S2/c25-20-3-1-16(2-4-20)15-26-23(31)27-21-5-7-22(8-6-21)32(29,30)28-24-12-17-9-18(13-24)11-19(10-17)14-24/h1-8,17-19,28H,9-15H2,(H2,26,27,31). The zero-order chi connectivity index (χ0) is 22.3. The van der Waals surface area contributed by atoms with E-state index in [0.717, 1.165) is 30.5 Å². The number of hydrogen-bond donors (Lipinski definition) is 3. The van der Waals surface area contributed by atoms with E-state index < -0.39 is 10.0 Å². The maximum Gasteiger partial charge on any atom is 0.241 e. The minimum atomic E-state index is -3.55. The monoisotopic (exact) mass is 489 g/mol. The number of thiocarbonyl (C=S) groups is 1. The average molecular weight is 490 g/mol. The molecule has 170 valence electrons. The van der Waals surface area contributed by atoms with Gasteiger partial charge in [-0.25, -0.2) is 13.1 Å². The molecule has 0 amide bonds. The van der Waals surface area contributed by atoms with E-state index in [1.165, 1.54) is 19.3 Å². The number of rotatable bonds is 6. The van der Waals surface area contributed by atoms with Crippen molar-refractivity contribution < 1.29 is 8.42 Å². The first-order valence-corrected chi connectivity index (χ1v) is 13.5. The summed E-state index contributed by atoms with van der Waals surface area (Å²) in [6.07, 6.45) is 6.83. The van der Waals surface area contributed by atoms with Crippen molar-refractivity contribution in [3.8, 4) is 0 Å². The van der Waals surface area contributed by atoms with Crippen LogP contribution in [0.2, 0.25) is 5.02 Å². The third kappa shape index (κ3) is 4.81. The van der Waals surface area contributed by atoms with Gasteiger partial charge < -0.3 is 10.6 Å². The number of sulfonamides is 1. The molecule has 2 aromatic carbocycles. The number of nitrogens with one attached hydrogen (secondary N) is 3. The van der Waals surface area contributed by atoms with Gasteiger partial charge in [-0.05, 0) is 110 Å². The lowest BCUT2D eigenvalue weighted by molar-refractivity contribution is -0.00810. The second-order valence-electron chi connectivity index (χ2n) is 9.76. The van der Waals surface area contributed by atoms with Crippen LogP contribution >= 0.6 is 23.8 Å². The molecule has 8 heteroatoms. The highest BCUT2D eigenvalue weighted by atomic mass is 35.5. The molecule has 0 spiro atoms. The molecule has 0 unspecified atom stereocenters. The molecule has 0 aliphatic heterocycles. The highest BCUT2D eigenvalue weighted by Crippen LogP contribution is 2.55. The molecule has 3 N–H and O–H groups in total. The van der Waals surface area contributed by atoms with Crippen LogP contribution in [-0.2, 0) is 16.6 Å². The van der Waals surface area contributed by atoms with E-state index in [2.05, 4.69) is 15.4 Å². The smallest absolute Gasteiger partial charge is 0.241 e. The van der Waals surface area contributed by atoms with E-state index in [9.17, 15) is 8.42 Å². The molecule has 0 atom stereocenters. The summed E-state index contributed by atoms with van der Waals surface area (Å²) in [5.41, 5.74) is 1.57. The molecule has 4 aliphatic rings. The first-order valence-electron chi connectivity index (χ1n) is 11.2. The topological polar surface area (TPSA) is 70.2 Å². The van der Waals surface area contributed by atoms with Gasteiger partial charge in [-0.15, -0.1) is 0 Å². The van der Waals surface area contributed by atoms with E-state index in [-0.39, 0.29) is 5.54 Å². The van der Waals surface area contributed by atoms with Crippen LogP contribution in [0, 0.1) is 17.8 Å². The van der Waals surface area contributed by atoms with Crippen molar-refractivity contribution in [2.24, 2.45) is 17.8 Å². The molecule has 0 aromatic heterocycles. The molecule has 2 aromatic rings. The summed E-state index contributed by atoms with van der Waals surface area (Å²) < 4.78 is 29.4. The van der Waals surface area contributed by atoms with Crippen molar-refractivity contribution in [1.29, 1.82) is 0 Å². The molecule has 4 bridgehead atoms. The molecule has 4 fully saturated rings. The molecule has 0 radical (unpaired) electrons. The molecule has 6 rings (SSSR count). The van der Waals surface area contributed by atoms with Crippen LogP contribution in [0.4, 0.5) is 5.69 Å². The Kier molecular flexibility index (Phi) is 5.95. The third-order valence-electron chi connectivity index (χ3n) is 7.18. The summed E-state index contributed by atoms with van der Waals surface area (Å²) >= 11 is 11.3. The Hall–Kier alpha value is -1.67. The fourth-order valence-electron chi connectivity index (χ4n) is 6.26. The molecular formula is C24H28ClN3O2S2. The number of anilines is 1. The summed E-state index contributed by atoms with van der Waals surface area (Å²) in [7, 11) is -3.55. The summed E-state index contributed by atoms with van der Waals surface area (Å²) in [6.45, 7) is 0.574. The van der Waals surface area contributed by atoms with Gasteiger partial charge in [0.2, 0.25) is 10.0 Å². The van der Waals surface area contributed by atoms with Crippen LogP contribution in [0.5, 0.6) is 0 Å². The molecule has 0 saturated heterocycles. The largest absolute Gasteiger partial charge is 0.358 e. The molecule has 5 nitrogen and oxygen atoms in total. The fourth-order valence-corrected chi connectivity index (χ4v) is 8.01. The number of halogens is 1. The van der Waals surface area contributed by atoms with Crippen molar-refractivity contribution in [2.75, 3.05) is 5.32 Å². The first-order chi connectivity index (χ1) is 15.3. The predicted molar refractivity (Wildman–Crippen MR) is 132 cm³/mol. The van der Waals surface area contributed by atoms with Gasteiger partial charge in [0.15, 0.2) is 5.11 Å². The van der Waals surface area contributed by atoms with Gasteiger partial charge in [-0.3, -0.25) is 0 Å². The van der Waals surface area contributed by atoms with Gasteiger partial charge in [0.25, 0.3) is 0 Å². The summed E-state index contributed by atoms with van der Waals surface area (Å²) in [5, 5.41) is 7.42. The lowest BCUT2D eigenvalue weighted by Gasteiger charge is -2.56. The van der Waals surface area contributed by atoms with Crippen molar-refractivity contribution in [3.05, 3.63) is 59.1 Å². The molecular weight excluding hydrogens is 462 g/mol. The predicted octanol–water partition coefficient (Wildman–Crippen LogP) is 5.07. The molecule has 4 saturated carbocycles. The second-order valence-corrected chi connectivity index (χ2v) is 12.3. The van der Waals surface area contributed by atoms with Crippen LogP contribution in [0.1, 0.15) is 44.1 Å². The Bertz CT molecular complexity index is 1070. The van der Waals surface area contributed by atoms with Crippen LogP contribution in [-0.4, -0.2) is 19.1 Å². The van der Waals surface area contributed by atoms with Gasteiger partial charge in [-0.1, -0.05) is 23.7 Å². The zero-order valence-corrected chi connectivity index (χ0v) is 20.2. The van der Waals surface area contributed by atoms with E-state index in [4.69, 9.17) is 23.8 Å². The minimum absolute atomic E-state index is 0.238. The Balaban J connectivity index is 1.19. The second kappa shape index (κ2) is 8.60. The maximum atomic E-state index is 13.2. The number of hydrogen-bond acceptors (Lipinski definition) is 3. The summed E-state index contributed by atoms with van der Waals surface area (Å²) in [6, 6.07) is 14.4. The fraction of sp³-hybridized carbons (Fsp3) is 0.458. The average Bonchev–Trinajstić information content (AvgIpc) is 2.72. The van der Waals surface area contributed by atoms with E-state index in [1.807, 2.05) is 24.3 Å². The Morgan fingerprint density at radius 2 is 1.50 bits per heavy atom. The zero-order valence-electron chi connectivity index (χ0n) is 17.8. The van der Waals surface area contributed by atoms with Crippen LogP contribution in [0.3, 0.4) is 0 Å². The van der Waals surface area contributed by atoms with Gasteiger partial charge >= 0.3 is 0 Å². The maximum absolute atomic E-state index is 13.2. The van der Waals surface area contributed by atoms with E-state index >= 15 is 0 Å². The molecule has 0 heterocycles. The van der Waals surface area contributed by atoms with Crippen molar-refractivity contribution >= 4 is 44.6 Å². The highest BCUT2D eigenvalue weighted by molar-refractivity contribution is 7.89. The molecule has 4 aliphatic carbocycles. The lowest BCUT2D eigenvalue weighted by atomic mass is 9.53. The van der Waals surface area contributed by atoms with E-state index in [0.29, 0.717) is 39.3 Å². The third-order valence-corrected chi connectivity index (χ3v) is 9.27. The van der Waals surface area contributed by atoms with Crippen molar-refractivity contribution in [1.82, 2.24) is 10.0 Å². The summed E-state index contributed by atoms with van der Waals surface area (Å²) in [4.78, 5) is 0.304. The van der Waals surface area contributed by atoms with Gasteiger partial charge in [0.1, 0.15) is 0 Å². The Morgan fingerprint density at radius 3 is 2.06 bits per heavy atom. The lowest BCUT2D eigenvalue weighted by Crippen LogP contribution is -2.59. The van der Waals surface area contributed by atoms with Crippen LogP contribution in [0.15, 0.2) is 53.4 Å². The minimum Gasteiger partial charge on any atom is -0.358 e. The van der Waals surface area contributed by atoms with Crippen LogP contribution in [0.25, 0.3) is 0 Å². The van der Waals surface area contributed by atoms with Crippen LogP contribution < -0.4 is 15.4 Å². The number of benzene rings is 2. The normalized spacial score (nSPS) is 28.5. The van der Waals surface area contributed by atoms with Gasteiger partial charge in [-0.2, -0.15) is 0 Å². The highest BCUT2D eigenvalue weighted by Gasteiger charge is 2.52. The van der Waals surface area contributed by atoms with Crippen molar-refractivity contribution in [3.63, 3.8) is 0 Å².